The van der Waals surface area contributed by atoms with Crippen molar-refractivity contribution >= 4 is 5.96 Å². The fourth-order valence-electron chi connectivity index (χ4n) is 3.52. The highest BCUT2D eigenvalue weighted by atomic mass is 15.3. The summed E-state index contributed by atoms with van der Waals surface area (Å²) in [6.45, 7) is 10.6. The van der Waals surface area contributed by atoms with Crippen molar-refractivity contribution in [2.75, 3.05) is 6.54 Å². The average molecular weight is 409 g/mol. The molecule has 0 spiro atoms. The Hall–Kier alpha value is -3.16. The van der Waals surface area contributed by atoms with E-state index in [0.717, 1.165) is 30.2 Å². The molecule has 30 heavy (non-hydrogen) atoms. The van der Waals surface area contributed by atoms with Crippen molar-refractivity contribution in [2.45, 2.75) is 53.2 Å². The standard InChI is InChI=1S/C22H32N8/c1-6-24-22(27-16(2)10-21-17(3)28-29(5)18(21)4)25-12-19-8-7-9-20(11-19)13-30-15-23-14-26-30/h7-9,11,14-16H,6,10,12-13H2,1-5H3,(H2,24,25,27). The summed E-state index contributed by atoms with van der Waals surface area (Å²) in [5.41, 5.74) is 5.95. The molecule has 0 saturated carbocycles. The molecule has 0 saturated heterocycles. The lowest BCUT2D eigenvalue weighted by molar-refractivity contribution is 0.635. The van der Waals surface area contributed by atoms with E-state index < -0.39 is 0 Å². The van der Waals surface area contributed by atoms with Crippen LogP contribution < -0.4 is 10.6 Å². The van der Waals surface area contributed by atoms with Gasteiger partial charge in [0.1, 0.15) is 12.7 Å². The summed E-state index contributed by atoms with van der Waals surface area (Å²) in [5, 5.41) is 15.6. The molecule has 0 aliphatic heterocycles. The van der Waals surface area contributed by atoms with Gasteiger partial charge < -0.3 is 10.6 Å². The smallest absolute Gasteiger partial charge is 0.191 e. The minimum Gasteiger partial charge on any atom is -0.357 e. The Labute approximate surface area is 178 Å². The third kappa shape index (κ3) is 5.68. The van der Waals surface area contributed by atoms with E-state index in [9.17, 15) is 0 Å². The number of hydrogen-bond acceptors (Lipinski definition) is 4. The maximum atomic E-state index is 4.79. The zero-order chi connectivity index (χ0) is 21.5. The summed E-state index contributed by atoms with van der Waals surface area (Å²) in [4.78, 5) is 8.79. The second-order valence-electron chi connectivity index (χ2n) is 7.63. The molecule has 0 aliphatic carbocycles. The maximum absolute atomic E-state index is 4.79. The summed E-state index contributed by atoms with van der Waals surface area (Å²) in [6, 6.07) is 8.67. The number of rotatable bonds is 8. The highest BCUT2D eigenvalue weighted by Crippen LogP contribution is 2.14. The van der Waals surface area contributed by atoms with Gasteiger partial charge >= 0.3 is 0 Å². The van der Waals surface area contributed by atoms with Gasteiger partial charge in [0.05, 0.1) is 18.8 Å². The van der Waals surface area contributed by atoms with Gasteiger partial charge in [0, 0.05) is 25.3 Å². The first kappa shape index (κ1) is 21.5. The Bertz CT molecular complexity index is 971. The molecule has 1 atom stereocenters. The van der Waals surface area contributed by atoms with Gasteiger partial charge in [0.25, 0.3) is 0 Å². The molecule has 1 aromatic carbocycles. The van der Waals surface area contributed by atoms with Crippen molar-refractivity contribution < 1.29 is 0 Å². The molecular formula is C22H32N8. The number of nitrogens with zero attached hydrogens (tertiary/aromatic N) is 6. The lowest BCUT2D eigenvalue weighted by Gasteiger charge is -2.18. The summed E-state index contributed by atoms with van der Waals surface area (Å²) in [6.07, 6.45) is 4.19. The van der Waals surface area contributed by atoms with Crippen LogP contribution in [0.3, 0.4) is 0 Å². The summed E-state index contributed by atoms with van der Waals surface area (Å²) in [5.74, 6) is 0.825. The molecule has 3 rings (SSSR count). The van der Waals surface area contributed by atoms with Crippen LogP contribution in [0.25, 0.3) is 0 Å². The second-order valence-corrected chi connectivity index (χ2v) is 7.63. The molecule has 1 unspecified atom stereocenters. The van der Waals surface area contributed by atoms with Crippen LogP contribution in [0.15, 0.2) is 41.9 Å². The van der Waals surface area contributed by atoms with E-state index in [1.54, 1.807) is 12.7 Å². The van der Waals surface area contributed by atoms with Gasteiger partial charge in [-0.15, -0.1) is 0 Å². The van der Waals surface area contributed by atoms with E-state index in [2.05, 4.69) is 77.8 Å². The zero-order valence-electron chi connectivity index (χ0n) is 18.6. The topological polar surface area (TPSA) is 84.9 Å². The van der Waals surface area contributed by atoms with E-state index in [-0.39, 0.29) is 6.04 Å². The molecule has 160 valence electrons. The normalized spacial score (nSPS) is 12.8. The van der Waals surface area contributed by atoms with Crippen LogP contribution in [0.5, 0.6) is 0 Å². The van der Waals surface area contributed by atoms with Gasteiger partial charge in [-0.2, -0.15) is 10.2 Å². The van der Waals surface area contributed by atoms with Gasteiger partial charge in [-0.3, -0.25) is 4.68 Å². The van der Waals surface area contributed by atoms with Gasteiger partial charge in [-0.05, 0) is 50.8 Å². The molecule has 8 heteroatoms. The van der Waals surface area contributed by atoms with Gasteiger partial charge in [-0.1, -0.05) is 24.3 Å². The van der Waals surface area contributed by atoms with Crippen molar-refractivity contribution in [1.82, 2.24) is 35.2 Å². The van der Waals surface area contributed by atoms with Crippen LogP contribution in [-0.4, -0.2) is 43.1 Å². The highest BCUT2D eigenvalue weighted by molar-refractivity contribution is 5.80. The molecule has 2 N–H and O–H groups in total. The number of hydrogen-bond donors (Lipinski definition) is 2. The SMILES string of the molecule is CCNC(=NCc1cccc(Cn2cncn2)c1)NC(C)Cc1c(C)nn(C)c1C. The third-order valence-corrected chi connectivity index (χ3v) is 5.12. The van der Waals surface area contributed by atoms with Crippen LogP contribution in [-0.2, 0) is 26.6 Å². The van der Waals surface area contributed by atoms with E-state index in [1.165, 1.54) is 16.8 Å². The van der Waals surface area contributed by atoms with E-state index in [4.69, 9.17) is 4.99 Å². The van der Waals surface area contributed by atoms with E-state index in [1.807, 2.05) is 16.4 Å². The van der Waals surface area contributed by atoms with Gasteiger partial charge in [0.2, 0.25) is 0 Å². The predicted molar refractivity (Wildman–Crippen MR) is 119 cm³/mol. The predicted octanol–water partition coefficient (Wildman–Crippen LogP) is 2.36. The molecular weight excluding hydrogens is 376 g/mol. The monoisotopic (exact) mass is 408 g/mol. The minimum absolute atomic E-state index is 0.239. The number of aliphatic imine (C=N–C) groups is 1. The Kier molecular flexibility index (Phi) is 7.21. The maximum Gasteiger partial charge on any atom is 0.191 e. The Morgan fingerprint density at radius 1 is 1.23 bits per heavy atom. The van der Waals surface area contributed by atoms with Crippen LogP contribution in [0.4, 0.5) is 0 Å². The van der Waals surface area contributed by atoms with Crippen LogP contribution in [0.1, 0.15) is 41.9 Å². The number of aryl methyl sites for hydroxylation is 2. The first-order valence-electron chi connectivity index (χ1n) is 10.4. The molecule has 0 aliphatic rings. The van der Waals surface area contributed by atoms with Crippen molar-refractivity contribution in [3.63, 3.8) is 0 Å². The largest absolute Gasteiger partial charge is 0.357 e. The molecule has 3 aromatic rings. The lowest BCUT2D eigenvalue weighted by atomic mass is 10.1. The number of guanidine groups is 1. The fraction of sp³-hybridized carbons (Fsp3) is 0.455. The fourth-order valence-corrected chi connectivity index (χ4v) is 3.52. The quantitative estimate of drug-likeness (QED) is 0.442. The molecule has 0 radical (unpaired) electrons. The molecule has 0 bridgehead atoms. The highest BCUT2D eigenvalue weighted by Gasteiger charge is 2.14. The molecule has 2 aromatic heterocycles. The van der Waals surface area contributed by atoms with Crippen molar-refractivity contribution in [2.24, 2.45) is 12.0 Å². The minimum atomic E-state index is 0.239. The third-order valence-electron chi connectivity index (χ3n) is 5.12. The average Bonchev–Trinajstić information content (AvgIpc) is 3.30. The van der Waals surface area contributed by atoms with Crippen LogP contribution in [0, 0.1) is 13.8 Å². The Morgan fingerprint density at radius 3 is 2.70 bits per heavy atom. The Morgan fingerprint density at radius 2 is 2.03 bits per heavy atom. The van der Waals surface area contributed by atoms with Crippen LogP contribution >= 0.6 is 0 Å². The zero-order valence-corrected chi connectivity index (χ0v) is 18.6. The second kappa shape index (κ2) is 10.0. The van der Waals surface area contributed by atoms with Crippen LogP contribution in [0.2, 0.25) is 0 Å². The number of aromatic nitrogens is 5. The molecule has 0 amide bonds. The molecule has 2 heterocycles. The summed E-state index contributed by atoms with van der Waals surface area (Å²) in [7, 11) is 1.99. The van der Waals surface area contributed by atoms with Crippen molar-refractivity contribution in [3.05, 3.63) is 65.0 Å². The number of benzene rings is 1. The van der Waals surface area contributed by atoms with Gasteiger partial charge in [0.15, 0.2) is 5.96 Å². The van der Waals surface area contributed by atoms with Crippen molar-refractivity contribution in [3.8, 4) is 0 Å². The van der Waals surface area contributed by atoms with E-state index >= 15 is 0 Å². The number of nitrogens with one attached hydrogen (secondary N) is 2. The molecule has 0 fully saturated rings. The first-order valence-corrected chi connectivity index (χ1v) is 10.4. The molecule has 8 nitrogen and oxygen atoms in total. The lowest BCUT2D eigenvalue weighted by Crippen LogP contribution is -2.43. The van der Waals surface area contributed by atoms with E-state index in [0.29, 0.717) is 13.1 Å². The first-order chi connectivity index (χ1) is 14.5. The van der Waals surface area contributed by atoms with Gasteiger partial charge in [-0.25, -0.2) is 14.7 Å². The summed E-state index contributed by atoms with van der Waals surface area (Å²) >= 11 is 0. The summed E-state index contributed by atoms with van der Waals surface area (Å²) < 4.78 is 3.76. The Balaban J connectivity index is 1.64. The van der Waals surface area contributed by atoms with Crippen molar-refractivity contribution in [1.29, 1.82) is 0 Å².